The van der Waals surface area contributed by atoms with Crippen molar-refractivity contribution in [3.05, 3.63) is 41.2 Å². The van der Waals surface area contributed by atoms with E-state index in [9.17, 15) is 0 Å². The van der Waals surface area contributed by atoms with Crippen LogP contribution in [0.2, 0.25) is 0 Å². The molecule has 2 rings (SSSR count). The SMILES string of the molecule is Cc1ccc(COc2nc(C(C)(C)C)no2)cc1. The molecule has 1 heterocycles. The molecule has 2 aromatic rings. The van der Waals surface area contributed by atoms with Crippen LogP contribution in [-0.2, 0) is 12.0 Å². The quantitative estimate of drug-likeness (QED) is 0.834. The molecular weight excluding hydrogens is 228 g/mol. The van der Waals surface area contributed by atoms with E-state index in [0.29, 0.717) is 12.4 Å². The van der Waals surface area contributed by atoms with Crippen molar-refractivity contribution >= 4 is 0 Å². The Morgan fingerprint density at radius 2 is 1.83 bits per heavy atom. The molecule has 0 spiro atoms. The van der Waals surface area contributed by atoms with Crippen molar-refractivity contribution in [2.45, 2.75) is 39.7 Å². The van der Waals surface area contributed by atoms with Crippen molar-refractivity contribution in [1.29, 1.82) is 0 Å². The predicted octanol–water partition coefficient (Wildman–Crippen LogP) is 3.25. The van der Waals surface area contributed by atoms with E-state index < -0.39 is 0 Å². The second kappa shape index (κ2) is 4.80. The minimum atomic E-state index is -0.130. The van der Waals surface area contributed by atoms with Crippen LogP contribution in [0.4, 0.5) is 0 Å². The van der Waals surface area contributed by atoms with Crippen molar-refractivity contribution in [1.82, 2.24) is 10.1 Å². The predicted molar refractivity (Wildman–Crippen MR) is 68.5 cm³/mol. The third-order valence-electron chi connectivity index (χ3n) is 2.56. The normalized spacial score (nSPS) is 11.6. The fourth-order valence-corrected chi connectivity index (χ4v) is 1.40. The molecule has 0 aliphatic rings. The largest absolute Gasteiger partial charge is 0.444 e. The number of rotatable bonds is 3. The molecular formula is C14H18N2O2. The molecule has 96 valence electrons. The van der Waals surface area contributed by atoms with Crippen molar-refractivity contribution < 1.29 is 9.26 Å². The summed E-state index contributed by atoms with van der Waals surface area (Å²) in [6.07, 6.45) is 0.223. The molecule has 0 saturated heterocycles. The molecule has 4 nitrogen and oxygen atoms in total. The molecule has 0 radical (unpaired) electrons. The first kappa shape index (κ1) is 12.6. The maximum Gasteiger partial charge on any atom is 0.417 e. The maximum absolute atomic E-state index is 5.47. The molecule has 1 aromatic heterocycles. The number of ether oxygens (including phenoxy) is 1. The van der Waals surface area contributed by atoms with E-state index in [-0.39, 0.29) is 11.5 Å². The first-order valence-corrected chi connectivity index (χ1v) is 5.98. The first-order chi connectivity index (χ1) is 8.45. The number of aryl methyl sites for hydroxylation is 1. The number of hydrogen-bond acceptors (Lipinski definition) is 4. The number of nitrogens with zero attached hydrogens (tertiary/aromatic N) is 2. The molecule has 0 aliphatic carbocycles. The van der Waals surface area contributed by atoms with Gasteiger partial charge in [0, 0.05) is 5.41 Å². The summed E-state index contributed by atoms with van der Waals surface area (Å²) in [7, 11) is 0. The fraction of sp³-hybridized carbons (Fsp3) is 0.429. The van der Waals surface area contributed by atoms with Crippen LogP contribution in [0, 0.1) is 6.92 Å². The minimum absolute atomic E-state index is 0.130. The number of hydrogen-bond donors (Lipinski definition) is 0. The smallest absolute Gasteiger partial charge is 0.417 e. The van der Waals surface area contributed by atoms with E-state index in [0.717, 1.165) is 5.56 Å². The molecule has 0 N–H and O–H groups in total. The Labute approximate surface area is 107 Å². The van der Waals surface area contributed by atoms with Gasteiger partial charge in [0.1, 0.15) is 6.61 Å². The molecule has 18 heavy (non-hydrogen) atoms. The molecule has 0 fully saturated rings. The average molecular weight is 246 g/mol. The van der Waals surface area contributed by atoms with Gasteiger partial charge < -0.3 is 4.74 Å². The highest BCUT2D eigenvalue weighted by Crippen LogP contribution is 2.21. The third-order valence-corrected chi connectivity index (χ3v) is 2.56. The van der Waals surface area contributed by atoms with Gasteiger partial charge in [-0.05, 0) is 12.5 Å². The molecule has 0 saturated carbocycles. The van der Waals surface area contributed by atoms with Crippen LogP contribution < -0.4 is 4.74 Å². The zero-order valence-electron chi connectivity index (χ0n) is 11.2. The lowest BCUT2D eigenvalue weighted by molar-refractivity contribution is 0.194. The van der Waals surface area contributed by atoms with Gasteiger partial charge in [-0.15, -0.1) is 0 Å². The van der Waals surface area contributed by atoms with E-state index in [1.807, 2.05) is 45.0 Å². The van der Waals surface area contributed by atoms with Gasteiger partial charge in [0.2, 0.25) is 0 Å². The summed E-state index contributed by atoms with van der Waals surface area (Å²) in [5.74, 6) is 0.654. The number of aromatic nitrogens is 2. The van der Waals surface area contributed by atoms with Crippen LogP contribution in [0.3, 0.4) is 0 Å². The lowest BCUT2D eigenvalue weighted by atomic mass is 9.96. The molecule has 0 aliphatic heterocycles. The van der Waals surface area contributed by atoms with E-state index >= 15 is 0 Å². The Hall–Kier alpha value is -1.84. The second-order valence-electron chi connectivity index (χ2n) is 5.41. The van der Waals surface area contributed by atoms with Crippen LogP contribution in [0.1, 0.15) is 37.7 Å². The van der Waals surface area contributed by atoms with Gasteiger partial charge in [-0.1, -0.05) is 55.8 Å². The van der Waals surface area contributed by atoms with E-state index in [2.05, 4.69) is 17.1 Å². The summed E-state index contributed by atoms with van der Waals surface area (Å²) >= 11 is 0. The summed E-state index contributed by atoms with van der Waals surface area (Å²) in [4.78, 5) is 4.21. The van der Waals surface area contributed by atoms with Crippen LogP contribution in [0.15, 0.2) is 28.8 Å². The average Bonchev–Trinajstić information content (AvgIpc) is 2.77. The highest BCUT2D eigenvalue weighted by molar-refractivity contribution is 5.20. The fourth-order valence-electron chi connectivity index (χ4n) is 1.40. The molecule has 4 heteroatoms. The van der Waals surface area contributed by atoms with Crippen molar-refractivity contribution in [3.8, 4) is 6.08 Å². The Kier molecular flexibility index (Phi) is 3.36. The monoisotopic (exact) mass is 246 g/mol. The summed E-state index contributed by atoms with van der Waals surface area (Å²) in [6.45, 7) is 8.58. The van der Waals surface area contributed by atoms with Crippen LogP contribution in [0.5, 0.6) is 6.08 Å². The van der Waals surface area contributed by atoms with E-state index in [1.54, 1.807) is 0 Å². The van der Waals surface area contributed by atoms with Crippen LogP contribution in [-0.4, -0.2) is 10.1 Å². The van der Waals surface area contributed by atoms with E-state index in [4.69, 9.17) is 9.26 Å². The Bertz CT molecular complexity index is 509. The lowest BCUT2D eigenvalue weighted by Gasteiger charge is -2.10. The summed E-state index contributed by atoms with van der Waals surface area (Å²) in [5.41, 5.74) is 2.18. The Balaban J connectivity index is 1.98. The number of benzene rings is 1. The second-order valence-corrected chi connectivity index (χ2v) is 5.41. The van der Waals surface area contributed by atoms with Crippen molar-refractivity contribution in [2.75, 3.05) is 0 Å². The van der Waals surface area contributed by atoms with Gasteiger partial charge in [-0.3, -0.25) is 4.52 Å². The van der Waals surface area contributed by atoms with Crippen LogP contribution >= 0.6 is 0 Å². The topological polar surface area (TPSA) is 48.2 Å². The van der Waals surface area contributed by atoms with Crippen LogP contribution in [0.25, 0.3) is 0 Å². The highest BCUT2D eigenvalue weighted by Gasteiger charge is 2.21. The molecule has 1 aromatic carbocycles. The zero-order chi connectivity index (χ0) is 13.2. The van der Waals surface area contributed by atoms with Crippen molar-refractivity contribution in [2.24, 2.45) is 0 Å². The van der Waals surface area contributed by atoms with E-state index in [1.165, 1.54) is 5.56 Å². The summed E-state index contributed by atoms with van der Waals surface area (Å²) < 4.78 is 10.5. The highest BCUT2D eigenvalue weighted by atomic mass is 16.6. The summed E-state index contributed by atoms with van der Waals surface area (Å²) in [6, 6.07) is 8.15. The first-order valence-electron chi connectivity index (χ1n) is 5.98. The minimum Gasteiger partial charge on any atom is -0.444 e. The van der Waals surface area contributed by atoms with Gasteiger partial charge in [0.05, 0.1) is 0 Å². The Morgan fingerprint density at radius 3 is 2.39 bits per heavy atom. The molecule has 0 atom stereocenters. The zero-order valence-corrected chi connectivity index (χ0v) is 11.2. The van der Waals surface area contributed by atoms with Gasteiger partial charge in [0.25, 0.3) is 0 Å². The van der Waals surface area contributed by atoms with Gasteiger partial charge in [-0.25, -0.2) is 0 Å². The standard InChI is InChI=1S/C14H18N2O2/c1-10-5-7-11(8-6-10)9-17-13-15-12(16-18-13)14(2,3)4/h5-8H,9H2,1-4H3. The molecule has 0 unspecified atom stereocenters. The Morgan fingerprint density at radius 1 is 1.17 bits per heavy atom. The summed E-state index contributed by atoms with van der Waals surface area (Å²) in [5, 5.41) is 3.90. The van der Waals surface area contributed by atoms with Gasteiger partial charge in [0.15, 0.2) is 5.82 Å². The molecule has 0 bridgehead atoms. The van der Waals surface area contributed by atoms with Crippen molar-refractivity contribution in [3.63, 3.8) is 0 Å². The maximum atomic E-state index is 5.47. The van der Waals surface area contributed by atoms with Gasteiger partial charge >= 0.3 is 6.08 Å². The van der Waals surface area contributed by atoms with Gasteiger partial charge in [-0.2, -0.15) is 4.98 Å². The lowest BCUT2D eigenvalue weighted by Crippen LogP contribution is -2.13. The molecule has 0 amide bonds. The third kappa shape index (κ3) is 3.09.